The van der Waals surface area contributed by atoms with Crippen LogP contribution in [0.15, 0.2) is 11.6 Å². The van der Waals surface area contributed by atoms with Crippen molar-refractivity contribution < 1.29 is 19.4 Å². The lowest BCUT2D eigenvalue weighted by molar-refractivity contribution is -0.132. The molecule has 1 aliphatic carbocycles. The quantitative estimate of drug-likeness (QED) is 0.588. The molecule has 0 spiro atoms. The maximum Gasteiger partial charge on any atom is 0.331 e. The van der Waals surface area contributed by atoms with Crippen molar-refractivity contribution in [2.75, 3.05) is 12.3 Å². The van der Waals surface area contributed by atoms with E-state index in [0.717, 1.165) is 25.7 Å². The Morgan fingerprint density at radius 2 is 1.94 bits per heavy atom. The lowest BCUT2D eigenvalue weighted by Crippen LogP contribution is -2.11. The molecule has 0 aromatic heterocycles. The van der Waals surface area contributed by atoms with Crippen molar-refractivity contribution in [2.24, 2.45) is 5.92 Å². The first-order valence-corrected chi connectivity index (χ1v) is 8.22. The van der Waals surface area contributed by atoms with E-state index in [4.69, 9.17) is 5.11 Å². The first-order valence-electron chi connectivity index (χ1n) is 6.19. The molecule has 0 aromatic carbocycles. The Bertz CT molecular complexity index is 342. The van der Waals surface area contributed by atoms with Crippen LogP contribution in [0.1, 0.15) is 39.0 Å². The Labute approximate surface area is 102 Å². The number of aliphatic carboxylic acids is 1. The van der Waals surface area contributed by atoms with Crippen LogP contribution in [0.3, 0.4) is 0 Å². The molecule has 98 valence electrons. The van der Waals surface area contributed by atoms with Crippen LogP contribution in [0.5, 0.6) is 0 Å². The number of allylic oxidation sites excluding steroid dienone is 1. The molecule has 0 amide bonds. The van der Waals surface area contributed by atoms with Gasteiger partial charge in [-0.05, 0) is 18.8 Å². The topological polar surface area (TPSA) is 74.6 Å². The second-order valence-corrected chi connectivity index (χ2v) is 7.36. The predicted octanol–water partition coefficient (Wildman–Crippen LogP) is 2.87. The highest BCUT2D eigenvalue weighted by Crippen LogP contribution is 2.42. The third-order valence-electron chi connectivity index (χ3n) is 3.27. The summed E-state index contributed by atoms with van der Waals surface area (Å²) in [6, 6.07) is 0. The molecule has 1 unspecified atom stereocenters. The molecule has 0 aliphatic heterocycles. The van der Waals surface area contributed by atoms with Crippen molar-refractivity contribution in [1.29, 1.82) is 0 Å². The number of hydrogen-bond acceptors (Lipinski definition) is 2. The summed E-state index contributed by atoms with van der Waals surface area (Å²) < 4.78 is 11.6. The highest BCUT2D eigenvalue weighted by molar-refractivity contribution is 7.58. The Balaban J connectivity index is 2.74. The van der Waals surface area contributed by atoms with Crippen LogP contribution in [0.25, 0.3) is 0 Å². The first-order chi connectivity index (χ1) is 7.94. The molecule has 1 atom stereocenters. The van der Waals surface area contributed by atoms with Gasteiger partial charge in [0.1, 0.15) is 0 Å². The summed E-state index contributed by atoms with van der Waals surface area (Å²) in [5, 5.41) is 9.06. The van der Waals surface area contributed by atoms with Gasteiger partial charge in [0.2, 0.25) is 7.37 Å². The Morgan fingerprint density at radius 3 is 2.41 bits per heavy atom. The monoisotopic (exact) mass is 260 g/mol. The summed E-state index contributed by atoms with van der Waals surface area (Å²) >= 11 is 0. The Morgan fingerprint density at radius 1 is 1.35 bits per heavy atom. The molecule has 2 N–H and O–H groups in total. The predicted molar refractivity (Wildman–Crippen MR) is 67.5 cm³/mol. The molecule has 17 heavy (non-hydrogen) atoms. The smallest absolute Gasteiger partial charge is 0.331 e. The molecular formula is C12H21O4P. The second kappa shape index (κ2) is 6.36. The normalized spacial score (nSPS) is 22.1. The largest absolute Gasteiger partial charge is 0.478 e. The number of hydrogen-bond donors (Lipinski definition) is 2. The summed E-state index contributed by atoms with van der Waals surface area (Å²) in [6.07, 6.45) is 7.09. The van der Waals surface area contributed by atoms with Gasteiger partial charge in [-0.3, -0.25) is 4.57 Å². The number of rotatable bonds is 5. The van der Waals surface area contributed by atoms with Crippen LogP contribution in [-0.4, -0.2) is 28.3 Å². The van der Waals surface area contributed by atoms with Crippen LogP contribution >= 0.6 is 7.37 Å². The van der Waals surface area contributed by atoms with E-state index >= 15 is 0 Å². The van der Waals surface area contributed by atoms with Crippen LogP contribution in [0.2, 0.25) is 0 Å². The van der Waals surface area contributed by atoms with E-state index < -0.39 is 13.3 Å². The Kier molecular flexibility index (Phi) is 5.41. The summed E-state index contributed by atoms with van der Waals surface area (Å²) in [5.74, 6) is -0.787. The molecule has 1 fully saturated rings. The van der Waals surface area contributed by atoms with Crippen LogP contribution in [-0.2, 0) is 9.36 Å². The SMILES string of the molecule is CCP(=O)(O)CC(=CC1CCCCC1)C(=O)O. The molecule has 1 saturated carbocycles. The van der Waals surface area contributed by atoms with Crippen molar-refractivity contribution in [3.8, 4) is 0 Å². The van der Waals surface area contributed by atoms with E-state index in [1.807, 2.05) is 0 Å². The third-order valence-corrected chi connectivity index (χ3v) is 5.10. The minimum Gasteiger partial charge on any atom is -0.478 e. The third kappa shape index (κ3) is 5.05. The molecular weight excluding hydrogens is 239 g/mol. The average Bonchev–Trinajstić information content (AvgIpc) is 2.29. The molecule has 0 saturated heterocycles. The van der Waals surface area contributed by atoms with E-state index in [9.17, 15) is 14.3 Å². The van der Waals surface area contributed by atoms with Crippen molar-refractivity contribution in [1.82, 2.24) is 0 Å². The fourth-order valence-electron chi connectivity index (χ4n) is 2.15. The van der Waals surface area contributed by atoms with E-state index in [1.54, 1.807) is 13.0 Å². The minimum absolute atomic E-state index is 0.115. The number of carboxylic acids is 1. The van der Waals surface area contributed by atoms with Crippen molar-refractivity contribution in [3.05, 3.63) is 11.6 Å². The van der Waals surface area contributed by atoms with Crippen molar-refractivity contribution in [3.63, 3.8) is 0 Å². The average molecular weight is 260 g/mol. The van der Waals surface area contributed by atoms with E-state index in [0.29, 0.717) is 0 Å². The number of carboxylic acid groups (broad SMARTS) is 1. The maximum atomic E-state index is 11.6. The molecule has 0 heterocycles. The summed E-state index contributed by atoms with van der Waals surface area (Å²) in [5.41, 5.74) is 0.115. The molecule has 0 bridgehead atoms. The zero-order valence-corrected chi connectivity index (χ0v) is 11.2. The summed E-state index contributed by atoms with van der Waals surface area (Å²) in [7, 11) is -3.30. The zero-order valence-electron chi connectivity index (χ0n) is 10.3. The van der Waals surface area contributed by atoms with E-state index in [1.165, 1.54) is 6.42 Å². The van der Waals surface area contributed by atoms with Gasteiger partial charge in [-0.1, -0.05) is 32.3 Å². The van der Waals surface area contributed by atoms with Gasteiger partial charge in [-0.2, -0.15) is 0 Å². The Hall–Kier alpha value is -0.600. The second-order valence-electron chi connectivity index (χ2n) is 4.72. The molecule has 0 aromatic rings. The van der Waals surface area contributed by atoms with Gasteiger partial charge in [0, 0.05) is 11.7 Å². The van der Waals surface area contributed by atoms with Crippen LogP contribution in [0, 0.1) is 5.92 Å². The summed E-state index contributed by atoms with van der Waals surface area (Å²) in [6.45, 7) is 1.61. The lowest BCUT2D eigenvalue weighted by Gasteiger charge is -2.19. The fourth-order valence-corrected chi connectivity index (χ4v) is 3.15. The van der Waals surface area contributed by atoms with Crippen molar-refractivity contribution >= 4 is 13.3 Å². The van der Waals surface area contributed by atoms with Crippen LogP contribution in [0.4, 0.5) is 0 Å². The van der Waals surface area contributed by atoms with Gasteiger partial charge in [0.15, 0.2) is 0 Å². The minimum atomic E-state index is -3.30. The fraction of sp³-hybridized carbons (Fsp3) is 0.750. The standard InChI is InChI=1S/C12H21O4P/c1-2-17(15,16)9-11(12(13)14)8-10-6-4-3-5-7-10/h8,10H,2-7,9H2,1H3,(H,13,14)(H,15,16). The van der Waals surface area contributed by atoms with Crippen LogP contribution < -0.4 is 0 Å². The zero-order chi connectivity index (χ0) is 12.9. The number of carbonyl (C=O) groups is 1. The van der Waals surface area contributed by atoms with Gasteiger partial charge >= 0.3 is 5.97 Å². The van der Waals surface area contributed by atoms with Gasteiger partial charge in [-0.15, -0.1) is 0 Å². The molecule has 0 radical (unpaired) electrons. The van der Waals surface area contributed by atoms with Gasteiger partial charge < -0.3 is 10.00 Å². The molecule has 1 rings (SSSR count). The van der Waals surface area contributed by atoms with E-state index in [2.05, 4.69) is 0 Å². The highest BCUT2D eigenvalue weighted by Gasteiger charge is 2.23. The highest BCUT2D eigenvalue weighted by atomic mass is 31.2. The van der Waals surface area contributed by atoms with Gasteiger partial charge in [-0.25, -0.2) is 4.79 Å². The summed E-state index contributed by atoms with van der Waals surface area (Å²) in [4.78, 5) is 20.6. The van der Waals surface area contributed by atoms with Crippen molar-refractivity contribution in [2.45, 2.75) is 39.0 Å². The molecule has 5 heteroatoms. The molecule has 4 nitrogen and oxygen atoms in total. The van der Waals surface area contributed by atoms with Gasteiger partial charge in [0.05, 0.1) is 6.16 Å². The lowest BCUT2D eigenvalue weighted by atomic mass is 9.88. The first kappa shape index (κ1) is 14.5. The maximum absolute atomic E-state index is 11.6. The molecule has 1 aliphatic rings. The van der Waals surface area contributed by atoms with E-state index in [-0.39, 0.29) is 23.8 Å². The van der Waals surface area contributed by atoms with Gasteiger partial charge in [0.25, 0.3) is 0 Å².